The zero-order chi connectivity index (χ0) is 14.5. The molecule has 20 heavy (non-hydrogen) atoms. The zero-order valence-electron chi connectivity index (χ0n) is 11.9. The van der Waals surface area contributed by atoms with E-state index in [4.69, 9.17) is 11.6 Å². The summed E-state index contributed by atoms with van der Waals surface area (Å²) < 4.78 is 15.7. The second-order valence-electron chi connectivity index (χ2n) is 5.03. The molecule has 0 fully saturated rings. The van der Waals surface area contributed by atoms with E-state index >= 15 is 0 Å². The summed E-state index contributed by atoms with van der Waals surface area (Å²) in [5, 5.41) is 3.87. The quantitative estimate of drug-likeness (QED) is 0.836. The largest absolute Gasteiger partial charge is 0.349 e. The molecule has 0 radical (unpaired) electrons. The van der Waals surface area contributed by atoms with Crippen molar-refractivity contribution >= 4 is 11.6 Å². The molecule has 2 nitrogen and oxygen atoms in total. The van der Waals surface area contributed by atoms with Gasteiger partial charge in [-0.3, -0.25) is 0 Å². The van der Waals surface area contributed by atoms with E-state index < -0.39 is 0 Å². The highest BCUT2D eigenvalue weighted by Crippen LogP contribution is 2.18. The van der Waals surface area contributed by atoms with Crippen LogP contribution in [0.15, 0.2) is 36.7 Å². The predicted molar refractivity (Wildman–Crippen MR) is 81.7 cm³/mol. The van der Waals surface area contributed by atoms with Crippen LogP contribution in [-0.4, -0.2) is 11.1 Å². The summed E-state index contributed by atoms with van der Waals surface area (Å²) in [7, 11) is 0. The lowest BCUT2D eigenvalue weighted by Crippen LogP contribution is -2.18. The van der Waals surface area contributed by atoms with Gasteiger partial charge in [0.1, 0.15) is 5.82 Å². The first-order valence-corrected chi connectivity index (χ1v) is 7.31. The van der Waals surface area contributed by atoms with Crippen molar-refractivity contribution in [3.8, 4) is 0 Å². The second-order valence-corrected chi connectivity index (χ2v) is 5.47. The van der Waals surface area contributed by atoms with E-state index in [1.807, 2.05) is 10.8 Å². The van der Waals surface area contributed by atoms with Gasteiger partial charge in [0.25, 0.3) is 0 Å². The molecule has 2 rings (SSSR count). The van der Waals surface area contributed by atoms with Crippen LogP contribution in [0, 0.1) is 5.82 Å². The van der Waals surface area contributed by atoms with Gasteiger partial charge in [-0.05, 0) is 43.7 Å². The number of benzene rings is 1. The first kappa shape index (κ1) is 15.1. The number of aromatic nitrogens is 1. The van der Waals surface area contributed by atoms with E-state index in [1.54, 1.807) is 12.1 Å². The molecule has 1 atom stereocenters. The average molecular weight is 295 g/mol. The van der Waals surface area contributed by atoms with Crippen molar-refractivity contribution in [2.75, 3.05) is 6.54 Å². The van der Waals surface area contributed by atoms with Crippen LogP contribution < -0.4 is 5.32 Å². The van der Waals surface area contributed by atoms with E-state index in [0.717, 1.165) is 13.0 Å². The average Bonchev–Trinajstić information content (AvgIpc) is 2.88. The van der Waals surface area contributed by atoms with E-state index in [2.05, 4.69) is 31.4 Å². The lowest BCUT2D eigenvalue weighted by molar-refractivity contribution is 0.568. The molecule has 0 spiro atoms. The normalized spacial score (nSPS) is 12.6. The predicted octanol–water partition coefficient (Wildman–Crippen LogP) is 4.39. The van der Waals surface area contributed by atoms with Gasteiger partial charge in [0.05, 0.1) is 0 Å². The third-order valence-corrected chi connectivity index (χ3v) is 3.58. The first-order valence-electron chi connectivity index (χ1n) is 6.93. The van der Waals surface area contributed by atoms with Gasteiger partial charge in [0.15, 0.2) is 0 Å². The van der Waals surface area contributed by atoms with Crippen molar-refractivity contribution in [3.05, 3.63) is 58.6 Å². The maximum atomic E-state index is 13.8. The minimum absolute atomic E-state index is 0.259. The van der Waals surface area contributed by atoms with Gasteiger partial charge < -0.3 is 9.88 Å². The Morgan fingerprint density at radius 3 is 2.85 bits per heavy atom. The maximum absolute atomic E-state index is 13.8. The van der Waals surface area contributed by atoms with Gasteiger partial charge in [0.2, 0.25) is 0 Å². The van der Waals surface area contributed by atoms with Crippen LogP contribution in [0.25, 0.3) is 0 Å². The van der Waals surface area contributed by atoms with Crippen molar-refractivity contribution < 1.29 is 4.39 Å². The monoisotopic (exact) mass is 294 g/mol. The maximum Gasteiger partial charge on any atom is 0.129 e. The minimum Gasteiger partial charge on any atom is -0.349 e. The summed E-state index contributed by atoms with van der Waals surface area (Å²) >= 11 is 5.76. The first-order chi connectivity index (χ1) is 9.60. The van der Waals surface area contributed by atoms with Crippen molar-refractivity contribution in [1.29, 1.82) is 0 Å². The fourth-order valence-electron chi connectivity index (χ4n) is 2.14. The van der Waals surface area contributed by atoms with Crippen molar-refractivity contribution in [2.24, 2.45) is 0 Å². The standard InChI is InChI=1S/C16H20ClFN2/c1-3-7-19-12(2)13-6-8-20(10-13)11-14-4-5-15(17)9-16(14)18/h4-6,8-10,12,19H,3,7,11H2,1-2H3. The van der Waals surface area contributed by atoms with Gasteiger partial charge in [-0.25, -0.2) is 4.39 Å². The van der Waals surface area contributed by atoms with Gasteiger partial charge in [-0.1, -0.05) is 24.6 Å². The van der Waals surface area contributed by atoms with Gasteiger partial charge in [-0.15, -0.1) is 0 Å². The number of nitrogens with zero attached hydrogens (tertiary/aromatic N) is 1. The van der Waals surface area contributed by atoms with Crippen LogP contribution in [0.5, 0.6) is 0 Å². The molecule has 108 valence electrons. The molecule has 1 aromatic carbocycles. The Labute approximate surface area is 124 Å². The molecule has 1 aromatic heterocycles. The van der Waals surface area contributed by atoms with Crippen molar-refractivity contribution in [2.45, 2.75) is 32.9 Å². The zero-order valence-corrected chi connectivity index (χ0v) is 12.6. The molecular weight excluding hydrogens is 275 g/mol. The Bertz CT molecular complexity index is 565. The van der Waals surface area contributed by atoms with E-state index in [0.29, 0.717) is 23.2 Å². The van der Waals surface area contributed by atoms with Crippen LogP contribution in [-0.2, 0) is 6.54 Å². The Balaban J connectivity index is 2.05. The molecule has 1 unspecified atom stereocenters. The Morgan fingerprint density at radius 1 is 1.35 bits per heavy atom. The van der Waals surface area contributed by atoms with Gasteiger partial charge in [0, 0.05) is 35.6 Å². The van der Waals surface area contributed by atoms with Gasteiger partial charge in [-0.2, -0.15) is 0 Å². The molecular formula is C16H20ClFN2. The summed E-state index contributed by atoms with van der Waals surface area (Å²) in [6.07, 6.45) is 5.15. The van der Waals surface area contributed by atoms with Crippen LogP contribution >= 0.6 is 11.6 Å². The van der Waals surface area contributed by atoms with E-state index in [-0.39, 0.29) is 5.82 Å². The number of halogens is 2. The SMILES string of the molecule is CCCNC(C)c1ccn(Cc2ccc(Cl)cc2F)c1. The number of hydrogen-bond donors (Lipinski definition) is 1. The molecule has 0 amide bonds. The minimum atomic E-state index is -0.259. The third kappa shape index (κ3) is 3.84. The van der Waals surface area contributed by atoms with Gasteiger partial charge >= 0.3 is 0 Å². The molecule has 0 aliphatic carbocycles. The Morgan fingerprint density at radius 2 is 2.15 bits per heavy atom. The molecule has 0 saturated carbocycles. The molecule has 1 heterocycles. The summed E-state index contributed by atoms with van der Waals surface area (Å²) in [4.78, 5) is 0. The van der Waals surface area contributed by atoms with Crippen LogP contribution in [0.2, 0.25) is 5.02 Å². The summed E-state index contributed by atoms with van der Waals surface area (Å²) in [5.74, 6) is -0.259. The molecule has 0 aliphatic rings. The highest BCUT2D eigenvalue weighted by Gasteiger charge is 2.08. The number of hydrogen-bond acceptors (Lipinski definition) is 1. The summed E-state index contributed by atoms with van der Waals surface area (Å²) in [6, 6.07) is 7.19. The van der Waals surface area contributed by atoms with Crippen LogP contribution in [0.3, 0.4) is 0 Å². The lowest BCUT2D eigenvalue weighted by Gasteiger charge is -2.11. The lowest BCUT2D eigenvalue weighted by atomic mass is 10.2. The third-order valence-electron chi connectivity index (χ3n) is 3.34. The highest BCUT2D eigenvalue weighted by atomic mass is 35.5. The molecule has 1 N–H and O–H groups in total. The second kappa shape index (κ2) is 6.91. The smallest absolute Gasteiger partial charge is 0.129 e. The van der Waals surface area contributed by atoms with Crippen molar-refractivity contribution in [1.82, 2.24) is 9.88 Å². The fraction of sp³-hybridized carbons (Fsp3) is 0.375. The number of rotatable bonds is 6. The highest BCUT2D eigenvalue weighted by molar-refractivity contribution is 6.30. The summed E-state index contributed by atoms with van der Waals surface area (Å²) in [5.41, 5.74) is 1.86. The molecule has 0 saturated heterocycles. The number of nitrogens with one attached hydrogen (secondary N) is 1. The van der Waals surface area contributed by atoms with Crippen molar-refractivity contribution in [3.63, 3.8) is 0 Å². The van der Waals surface area contributed by atoms with E-state index in [1.165, 1.54) is 11.6 Å². The van der Waals surface area contributed by atoms with Crippen LogP contribution in [0.4, 0.5) is 4.39 Å². The molecule has 4 heteroatoms. The van der Waals surface area contributed by atoms with Crippen LogP contribution in [0.1, 0.15) is 37.4 Å². The topological polar surface area (TPSA) is 17.0 Å². The van der Waals surface area contributed by atoms with E-state index in [9.17, 15) is 4.39 Å². The fourth-order valence-corrected chi connectivity index (χ4v) is 2.30. The Kier molecular flexibility index (Phi) is 5.21. The Hall–Kier alpha value is -1.32. The molecule has 0 aliphatic heterocycles. The molecule has 2 aromatic rings. The molecule has 0 bridgehead atoms. The summed E-state index contributed by atoms with van der Waals surface area (Å²) in [6.45, 7) is 5.80.